The van der Waals surface area contributed by atoms with Gasteiger partial charge in [0.05, 0.1) is 0 Å². The molecule has 0 aliphatic rings. The molecular formula is C8H6Re. The Bertz CT molecular complexity index is 196. The Morgan fingerprint density at radius 1 is 1.11 bits per heavy atom. The maximum absolute atomic E-state index is 5.10. The van der Waals surface area contributed by atoms with Gasteiger partial charge in [-0.15, -0.1) is 6.42 Å². The number of terminal acetylenes is 1. The minimum absolute atomic E-state index is 0. The summed E-state index contributed by atoms with van der Waals surface area (Å²) in [4.78, 5) is 0. The molecule has 1 aromatic carbocycles. The first-order valence-electron chi connectivity index (χ1n) is 2.45. The van der Waals surface area contributed by atoms with Crippen LogP contribution in [0.5, 0.6) is 0 Å². The Kier molecular flexibility index (Phi) is 4.07. The summed E-state index contributed by atoms with van der Waals surface area (Å²) >= 11 is 0. The van der Waals surface area contributed by atoms with Crippen molar-refractivity contribution in [3.05, 3.63) is 35.9 Å². The summed E-state index contributed by atoms with van der Waals surface area (Å²) in [5.41, 5.74) is 0.938. The van der Waals surface area contributed by atoms with Crippen LogP contribution >= 0.6 is 0 Å². The van der Waals surface area contributed by atoms with Crippen molar-refractivity contribution in [3.8, 4) is 12.3 Å². The van der Waals surface area contributed by atoms with E-state index in [0.717, 1.165) is 5.56 Å². The van der Waals surface area contributed by atoms with Gasteiger partial charge in [-0.1, -0.05) is 24.1 Å². The average molecular weight is 288 g/mol. The topological polar surface area (TPSA) is 0 Å². The van der Waals surface area contributed by atoms with Gasteiger partial charge in [-0.2, -0.15) is 0 Å². The minimum atomic E-state index is 0. The molecule has 0 atom stereocenters. The Balaban J connectivity index is 0.000000640. The number of hydrogen-bond acceptors (Lipinski definition) is 0. The molecule has 1 rings (SSSR count). The van der Waals surface area contributed by atoms with E-state index < -0.39 is 0 Å². The molecule has 0 nitrogen and oxygen atoms in total. The summed E-state index contributed by atoms with van der Waals surface area (Å²) in [7, 11) is 0. The predicted molar refractivity (Wildman–Crippen MR) is 34.4 cm³/mol. The SMILES string of the molecule is C#Cc1ccccc1.[Re]. The van der Waals surface area contributed by atoms with Crippen molar-refractivity contribution in [2.75, 3.05) is 0 Å². The van der Waals surface area contributed by atoms with E-state index in [1.165, 1.54) is 0 Å². The number of rotatable bonds is 0. The molecule has 1 aromatic rings. The molecule has 0 aromatic heterocycles. The van der Waals surface area contributed by atoms with Crippen molar-refractivity contribution >= 4 is 0 Å². The summed E-state index contributed by atoms with van der Waals surface area (Å²) in [6.45, 7) is 0. The van der Waals surface area contributed by atoms with E-state index in [9.17, 15) is 0 Å². The molecule has 9 heavy (non-hydrogen) atoms. The molecule has 1 heteroatoms. The van der Waals surface area contributed by atoms with Crippen LogP contribution in [-0.4, -0.2) is 0 Å². The van der Waals surface area contributed by atoms with Crippen molar-refractivity contribution in [1.29, 1.82) is 0 Å². The summed E-state index contributed by atoms with van der Waals surface area (Å²) in [5.74, 6) is 2.53. The summed E-state index contributed by atoms with van der Waals surface area (Å²) in [6, 6.07) is 9.60. The van der Waals surface area contributed by atoms with Gasteiger partial charge in [0.25, 0.3) is 0 Å². The second-order valence-corrected chi connectivity index (χ2v) is 1.51. The monoisotopic (exact) mass is 289 g/mol. The number of benzene rings is 1. The fourth-order valence-electron chi connectivity index (χ4n) is 0.534. The second-order valence-electron chi connectivity index (χ2n) is 1.51. The van der Waals surface area contributed by atoms with Gasteiger partial charge in [0.2, 0.25) is 0 Å². The maximum Gasteiger partial charge on any atom is 0.0242 e. The smallest absolute Gasteiger partial charge is 0.0242 e. The molecule has 1 radical (unpaired) electrons. The molecule has 45 valence electrons. The van der Waals surface area contributed by atoms with E-state index in [1.54, 1.807) is 0 Å². The van der Waals surface area contributed by atoms with E-state index in [-0.39, 0.29) is 20.4 Å². The van der Waals surface area contributed by atoms with Crippen LogP contribution in [0.3, 0.4) is 0 Å². The van der Waals surface area contributed by atoms with E-state index in [4.69, 9.17) is 6.42 Å². The first-order valence-corrected chi connectivity index (χ1v) is 2.45. The van der Waals surface area contributed by atoms with Crippen LogP contribution in [0.25, 0.3) is 0 Å². The Morgan fingerprint density at radius 2 is 1.67 bits per heavy atom. The van der Waals surface area contributed by atoms with Gasteiger partial charge in [-0.3, -0.25) is 0 Å². The third-order valence-electron chi connectivity index (χ3n) is 0.940. The fraction of sp³-hybridized carbons (Fsp3) is 0. The molecule has 0 saturated carbocycles. The molecule has 0 aliphatic heterocycles. The standard InChI is InChI=1S/C8H6.Re/c1-2-8-6-4-3-5-7-8;/h1,3-7H;. The molecule has 0 spiro atoms. The first-order chi connectivity index (χ1) is 3.93. The van der Waals surface area contributed by atoms with Crippen LogP contribution < -0.4 is 0 Å². The van der Waals surface area contributed by atoms with E-state index in [1.807, 2.05) is 30.3 Å². The van der Waals surface area contributed by atoms with Gasteiger partial charge in [0, 0.05) is 26.0 Å². The summed E-state index contributed by atoms with van der Waals surface area (Å²) in [6.07, 6.45) is 5.10. The van der Waals surface area contributed by atoms with Gasteiger partial charge in [-0.25, -0.2) is 0 Å². The normalized spacial score (nSPS) is 7.00. The van der Waals surface area contributed by atoms with E-state index in [0.29, 0.717) is 0 Å². The molecular weight excluding hydrogens is 282 g/mol. The van der Waals surface area contributed by atoms with Gasteiger partial charge in [0.1, 0.15) is 0 Å². The minimum Gasteiger partial charge on any atom is -0.115 e. The molecule has 0 amide bonds. The largest absolute Gasteiger partial charge is 0.115 e. The van der Waals surface area contributed by atoms with Gasteiger partial charge >= 0.3 is 0 Å². The molecule has 0 N–H and O–H groups in total. The quantitative estimate of drug-likeness (QED) is 0.637. The zero-order valence-electron chi connectivity index (χ0n) is 4.84. The Morgan fingerprint density at radius 3 is 2.00 bits per heavy atom. The van der Waals surface area contributed by atoms with Crippen molar-refractivity contribution in [3.63, 3.8) is 0 Å². The molecule has 0 saturated heterocycles. The van der Waals surface area contributed by atoms with Crippen LogP contribution in [0.4, 0.5) is 0 Å². The van der Waals surface area contributed by atoms with Crippen molar-refractivity contribution in [2.45, 2.75) is 0 Å². The summed E-state index contributed by atoms with van der Waals surface area (Å²) < 4.78 is 0. The van der Waals surface area contributed by atoms with Gasteiger partial charge in [-0.05, 0) is 12.1 Å². The van der Waals surface area contributed by atoms with Crippen molar-refractivity contribution in [2.24, 2.45) is 0 Å². The summed E-state index contributed by atoms with van der Waals surface area (Å²) in [5, 5.41) is 0. The first kappa shape index (κ1) is 8.44. The third kappa shape index (κ3) is 2.47. The number of hydrogen-bond donors (Lipinski definition) is 0. The van der Waals surface area contributed by atoms with Crippen LogP contribution in [0, 0.1) is 12.3 Å². The van der Waals surface area contributed by atoms with Gasteiger partial charge < -0.3 is 0 Å². The molecule has 0 bridgehead atoms. The van der Waals surface area contributed by atoms with E-state index >= 15 is 0 Å². The van der Waals surface area contributed by atoms with Crippen LogP contribution in [0.15, 0.2) is 30.3 Å². The van der Waals surface area contributed by atoms with Crippen molar-refractivity contribution < 1.29 is 20.4 Å². The van der Waals surface area contributed by atoms with Gasteiger partial charge in [0.15, 0.2) is 0 Å². The predicted octanol–water partition coefficient (Wildman–Crippen LogP) is 1.67. The maximum atomic E-state index is 5.10. The second kappa shape index (κ2) is 4.33. The van der Waals surface area contributed by atoms with Crippen LogP contribution in [0.2, 0.25) is 0 Å². The molecule has 0 aliphatic carbocycles. The van der Waals surface area contributed by atoms with Crippen molar-refractivity contribution in [1.82, 2.24) is 0 Å². The Hall–Kier alpha value is -0.558. The molecule has 0 heterocycles. The fourth-order valence-corrected chi connectivity index (χ4v) is 0.534. The van der Waals surface area contributed by atoms with E-state index in [2.05, 4.69) is 5.92 Å². The average Bonchev–Trinajstić information content (AvgIpc) is 1.90. The zero-order chi connectivity index (χ0) is 5.82. The zero-order valence-corrected chi connectivity index (χ0v) is 7.56. The molecule has 0 unspecified atom stereocenters. The Labute approximate surface area is 68.9 Å². The molecule has 0 fully saturated rings. The van der Waals surface area contributed by atoms with Crippen LogP contribution in [0.1, 0.15) is 5.56 Å². The van der Waals surface area contributed by atoms with Crippen LogP contribution in [-0.2, 0) is 20.4 Å². The third-order valence-corrected chi connectivity index (χ3v) is 0.940.